The van der Waals surface area contributed by atoms with Crippen molar-refractivity contribution in [3.05, 3.63) is 130 Å². The van der Waals surface area contributed by atoms with Crippen LogP contribution in [0.1, 0.15) is 33.4 Å². The van der Waals surface area contributed by atoms with Crippen molar-refractivity contribution in [3.8, 4) is 17.4 Å². The van der Waals surface area contributed by atoms with E-state index in [9.17, 15) is 4.79 Å². The molecule has 1 saturated heterocycles. The SMILES string of the molecule is COCC=Cc1ccc(CN2CCN(C(=O)C=Cc3cc(C)c(Oc4ccc(OCc5ccc(C)cc5)cn4)c(Cl)c3)CC2)cc1. The summed E-state index contributed by atoms with van der Waals surface area (Å²) in [5.74, 6) is 1.59. The van der Waals surface area contributed by atoms with Crippen LogP contribution in [0.3, 0.4) is 0 Å². The number of halogens is 1. The molecule has 238 valence electrons. The molecule has 2 heterocycles. The minimum absolute atomic E-state index is 0.00478. The number of carbonyl (C=O) groups excluding carboxylic acids is 1. The summed E-state index contributed by atoms with van der Waals surface area (Å²) >= 11 is 6.61. The number of ether oxygens (including phenoxy) is 3. The molecule has 1 aliphatic heterocycles. The average Bonchev–Trinajstić information content (AvgIpc) is 3.07. The fourth-order valence-electron chi connectivity index (χ4n) is 5.12. The van der Waals surface area contributed by atoms with Crippen molar-refractivity contribution in [2.45, 2.75) is 27.0 Å². The van der Waals surface area contributed by atoms with Crippen molar-refractivity contribution in [2.75, 3.05) is 39.9 Å². The summed E-state index contributed by atoms with van der Waals surface area (Å²) in [5, 5.41) is 0.446. The highest BCUT2D eigenvalue weighted by Crippen LogP contribution is 2.34. The number of carbonyl (C=O) groups is 1. The van der Waals surface area contributed by atoms with Gasteiger partial charge < -0.3 is 19.1 Å². The summed E-state index contributed by atoms with van der Waals surface area (Å²) in [4.78, 5) is 21.6. The highest BCUT2D eigenvalue weighted by molar-refractivity contribution is 6.32. The summed E-state index contributed by atoms with van der Waals surface area (Å²) in [5.41, 5.74) is 6.39. The topological polar surface area (TPSA) is 64.1 Å². The number of methoxy groups -OCH3 is 1. The number of nitrogens with zero attached hydrogens (tertiary/aromatic N) is 3. The summed E-state index contributed by atoms with van der Waals surface area (Å²) in [6, 6.07) is 24.1. The Kier molecular flexibility index (Phi) is 11.6. The number of aryl methyl sites for hydroxylation is 2. The smallest absolute Gasteiger partial charge is 0.246 e. The van der Waals surface area contributed by atoms with Gasteiger partial charge in [0.15, 0.2) is 5.75 Å². The molecule has 1 aromatic heterocycles. The Morgan fingerprint density at radius 3 is 2.30 bits per heavy atom. The van der Waals surface area contributed by atoms with Crippen LogP contribution in [0.25, 0.3) is 12.2 Å². The second-order valence-electron chi connectivity index (χ2n) is 11.4. The van der Waals surface area contributed by atoms with Gasteiger partial charge in [-0.05, 0) is 65.9 Å². The minimum Gasteiger partial charge on any atom is -0.487 e. The molecule has 8 heteroatoms. The minimum atomic E-state index is -0.00478. The van der Waals surface area contributed by atoms with Gasteiger partial charge in [0, 0.05) is 52.0 Å². The van der Waals surface area contributed by atoms with Gasteiger partial charge in [-0.25, -0.2) is 4.98 Å². The van der Waals surface area contributed by atoms with Gasteiger partial charge in [-0.1, -0.05) is 77.8 Å². The maximum Gasteiger partial charge on any atom is 0.246 e. The normalized spacial score (nSPS) is 13.9. The number of aromatic nitrogens is 1. The Labute approximate surface area is 276 Å². The summed E-state index contributed by atoms with van der Waals surface area (Å²) in [6.07, 6.45) is 9.12. The van der Waals surface area contributed by atoms with Crippen LogP contribution in [0, 0.1) is 13.8 Å². The maximum atomic E-state index is 13.0. The highest BCUT2D eigenvalue weighted by atomic mass is 35.5. The van der Waals surface area contributed by atoms with Crippen LogP contribution in [0.15, 0.2) is 91.1 Å². The number of pyridine rings is 1. The molecule has 5 rings (SSSR count). The predicted octanol–water partition coefficient (Wildman–Crippen LogP) is 7.74. The van der Waals surface area contributed by atoms with E-state index in [0.29, 0.717) is 48.7 Å². The third-order valence-corrected chi connectivity index (χ3v) is 8.04. The van der Waals surface area contributed by atoms with E-state index >= 15 is 0 Å². The van der Waals surface area contributed by atoms with Crippen LogP contribution in [0.5, 0.6) is 17.4 Å². The Balaban J connectivity index is 1.09. The van der Waals surface area contributed by atoms with Gasteiger partial charge in [-0.3, -0.25) is 9.69 Å². The maximum absolute atomic E-state index is 13.0. The Hall–Kier alpha value is -4.43. The van der Waals surface area contributed by atoms with E-state index in [1.54, 1.807) is 37.6 Å². The zero-order valence-corrected chi connectivity index (χ0v) is 27.4. The molecule has 0 N–H and O–H groups in total. The van der Waals surface area contributed by atoms with Crippen molar-refractivity contribution in [2.24, 2.45) is 0 Å². The van der Waals surface area contributed by atoms with Gasteiger partial charge >= 0.3 is 0 Å². The first kappa shape index (κ1) is 32.9. The van der Waals surface area contributed by atoms with Crippen LogP contribution in [-0.2, 0) is 22.7 Å². The van der Waals surface area contributed by atoms with Gasteiger partial charge in [0.25, 0.3) is 0 Å². The molecular formula is C38H40ClN3O4. The number of piperazine rings is 1. The fraction of sp³-hybridized carbons (Fsp3) is 0.263. The molecule has 0 radical (unpaired) electrons. The lowest BCUT2D eigenvalue weighted by molar-refractivity contribution is -0.127. The zero-order valence-electron chi connectivity index (χ0n) is 26.6. The molecule has 0 bridgehead atoms. The lowest BCUT2D eigenvalue weighted by Crippen LogP contribution is -2.47. The van der Waals surface area contributed by atoms with Crippen LogP contribution in [0.4, 0.5) is 0 Å². The number of hydrogen-bond donors (Lipinski definition) is 0. The van der Waals surface area contributed by atoms with Crippen molar-refractivity contribution in [1.29, 1.82) is 0 Å². The molecule has 3 aromatic carbocycles. The molecule has 46 heavy (non-hydrogen) atoms. The number of amides is 1. The largest absolute Gasteiger partial charge is 0.487 e. The lowest BCUT2D eigenvalue weighted by Gasteiger charge is -2.34. The fourth-order valence-corrected chi connectivity index (χ4v) is 5.44. The van der Waals surface area contributed by atoms with E-state index in [1.807, 2.05) is 42.2 Å². The molecule has 1 fully saturated rings. The molecule has 7 nitrogen and oxygen atoms in total. The zero-order chi connectivity index (χ0) is 32.3. The van der Waals surface area contributed by atoms with Crippen LogP contribution < -0.4 is 9.47 Å². The first-order valence-corrected chi connectivity index (χ1v) is 15.8. The third-order valence-electron chi connectivity index (χ3n) is 7.75. The molecule has 1 amide bonds. The highest BCUT2D eigenvalue weighted by Gasteiger charge is 2.20. The van der Waals surface area contributed by atoms with Crippen molar-refractivity contribution >= 4 is 29.7 Å². The predicted molar refractivity (Wildman–Crippen MR) is 184 cm³/mol. The van der Waals surface area contributed by atoms with Gasteiger partial charge in [0.2, 0.25) is 11.8 Å². The molecule has 4 aromatic rings. The summed E-state index contributed by atoms with van der Waals surface area (Å²) in [7, 11) is 1.69. The van der Waals surface area contributed by atoms with E-state index in [-0.39, 0.29) is 5.91 Å². The Morgan fingerprint density at radius 1 is 0.891 bits per heavy atom. The van der Waals surface area contributed by atoms with Crippen molar-refractivity contribution in [3.63, 3.8) is 0 Å². The lowest BCUT2D eigenvalue weighted by atomic mass is 10.1. The van der Waals surface area contributed by atoms with Crippen molar-refractivity contribution in [1.82, 2.24) is 14.8 Å². The van der Waals surface area contributed by atoms with E-state index < -0.39 is 0 Å². The van der Waals surface area contributed by atoms with Crippen LogP contribution in [-0.4, -0.2) is 60.6 Å². The van der Waals surface area contributed by atoms with Gasteiger partial charge in [-0.2, -0.15) is 0 Å². The molecule has 0 aliphatic carbocycles. The van der Waals surface area contributed by atoms with E-state index in [2.05, 4.69) is 59.3 Å². The second-order valence-corrected chi connectivity index (χ2v) is 11.8. The van der Waals surface area contributed by atoms with Crippen LogP contribution >= 0.6 is 11.6 Å². The quantitative estimate of drug-likeness (QED) is 0.148. The van der Waals surface area contributed by atoms with Crippen LogP contribution in [0.2, 0.25) is 5.02 Å². The molecular weight excluding hydrogens is 598 g/mol. The Morgan fingerprint density at radius 2 is 1.63 bits per heavy atom. The average molecular weight is 638 g/mol. The van der Waals surface area contributed by atoms with E-state index in [0.717, 1.165) is 41.9 Å². The van der Waals surface area contributed by atoms with Gasteiger partial charge in [0.05, 0.1) is 17.8 Å². The number of benzene rings is 3. The van der Waals surface area contributed by atoms with E-state index in [4.69, 9.17) is 25.8 Å². The molecule has 0 atom stereocenters. The van der Waals surface area contributed by atoms with Gasteiger partial charge in [0.1, 0.15) is 12.4 Å². The molecule has 0 unspecified atom stereocenters. The second kappa shape index (κ2) is 16.2. The monoisotopic (exact) mass is 637 g/mol. The Bertz CT molecular complexity index is 1620. The summed E-state index contributed by atoms with van der Waals surface area (Å²) in [6.45, 7) is 8.97. The van der Waals surface area contributed by atoms with E-state index in [1.165, 1.54) is 11.1 Å². The molecule has 1 aliphatic rings. The third kappa shape index (κ3) is 9.54. The van der Waals surface area contributed by atoms with Crippen molar-refractivity contribution < 1.29 is 19.0 Å². The number of hydrogen-bond acceptors (Lipinski definition) is 6. The molecule has 0 saturated carbocycles. The molecule has 0 spiro atoms. The summed E-state index contributed by atoms with van der Waals surface area (Å²) < 4.78 is 16.9. The number of rotatable bonds is 12. The van der Waals surface area contributed by atoms with Gasteiger partial charge in [-0.15, -0.1) is 0 Å². The first-order valence-electron chi connectivity index (χ1n) is 15.4. The first-order chi connectivity index (χ1) is 22.4. The standard InChI is InChI=1S/C38H40ClN3O4/c1-28-6-8-32(9-7-28)27-45-34-15-16-36(40-25-34)46-38-29(2)23-33(24-35(38)39)14-17-37(43)42-20-18-41(19-21-42)26-31-12-10-30(11-13-31)5-4-22-44-3/h4-17,23-25H,18-22,26-27H2,1-3H3.